The van der Waals surface area contributed by atoms with Gasteiger partial charge in [0.15, 0.2) is 5.17 Å². The molecule has 2 rings (SSSR count). The van der Waals surface area contributed by atoms with Crippen LogP contribution in [0.5, 0.6) is 0 Å². The van der Waals surface area contributed by atoms with E-state index in [0.29, 0.717) is 24.8 Å². The molecule has 2 atom stereocenters. The third-order valence-electron chi connectivity index (χ3n) is 3.00. The van der Waals surface area contributed by atoms with Crippen molar-refractivity contribution in [2.45, 2.75) is 38.8 Å². The van der Waals surface area contributed by atoms with Crippen molar-refractivity contribution in [3.63, 3.8) is 0 Å². The predicted octanol–water partition coefficient (Wildman–Crippen LogP) is 0.509. The van der Waals surface area contributed by atoms with Crippen LogP contribution >= 0.6 is 11.8 Å². The van der Waals surface area contributed by atoms with Crippen LogP contribution in [0.4, 0.5) is 0 Å². The number of imide groups is 1. The van der Waals surface area contributed by atoms with Gasteiger partial charge in [-0.15, -0.1) is 0 Å². The summed E-state index contributed by atoms with van der Waals surface area (Å²) in [6.45, 7) is 4.32. The molecule has 5 nitrogen and oxygen atoms in total. The number of piperidine rings is 1. The number of amidine groups is 1. The first-order valence-electron chi connectivity index (χ1n) is 5.87. The molecule has 2 aliphatic heterocycles. The summed E-state index contributed by atoms with van der Waals surface area (Å²) in [6, 6.07) is 0.0145. The van der Waals surface area contributed by atoms with E-state index in [0.717, 1.165) is 10.9 Å². The minimum atomic E-state index is -0.409. The normalized spacial score (nSPS) is 31.8. The molecule has 2 amide bonds. The van der Waals surface area contributed by atoms with E-state index < -0.39 is 6.04 Å². The van der Waals surface area contributed by atoms with Crippen molar-refractivity contribution < 1.29 is 9.59 Å². The highest BCUT2D eigenvalue weighted by Gasteiger charge is 2.29. The first kappa shape index (κ1) is 12.4. The van der Waals surface area contributed by atoms with Crippen molar-refractivity contribution in [3.8, 4) is 0 Å². The second-order valence-corrected chi connectivity index (χ2v) is 5.72. The zero-order valence-electron chi connectivity index (χ0n) is 10.0. The van der Waals surface area contributed by atoms with Gasteiger partial charge < -0.3 is 5.32 Å². The number of hydrogen-bond donors (Lipinski definition) is 2. The maximum absolute atomic E-state index is 11.5. The van der Waals surface area contributed by atoms with Gasteiger partial charge in [-0.3, -0.25) is 14.9 Å². The second-order valence-electron chi connectivity index (χ2n) is 4.71. The molecule has 6 heteroatoms. The van der Waals surface area contributed by atoms with Gasteiger partial charge in [0.1, 0.15) is 6.04 Å². The molecule has 94 valence electrons. The molecule has 17 heavy (non-hydrogen) atoms. The third kappa shape index (κ3) is 3.00. The van der Waals surface area contributed by atoms with E-state index in [1.54, 1.807) is 11.8 Å². The van der Waals surface area contributed by atoms with Gasteiger partial charge >= 0.3 is 0 Å². The molecule has 0 aromatic rings. The first-order chi connectivity index (χ1) is 8.06. The summed E-state index contributed by atoms with van der Waals surface area (Å²) in [7, 11) is 0. The number of hydrogen-bond acceptors (Lipinski definition) is 4. The SMILES string of the molecule is CC(C)C1CSC(=NC2CCC(=O)NC2=O)N1. The number of thioether (sulfide) groups is 1. The van der Waals surface area contributed by atoms with Gasteiger partial charge in [-0.2, -0.15) is 0 Å². The minimum absolute atomic E-state index is 0.196. The van der Waals surface area contributed by atoms with Crippen molar-refractivity contribution in [3.05, 3.63) is 0 Å². The molecule has 2 fully saturated rings. The summed E-state index contributed by atoms with van der Waals surface area (Å²) in [5.41, 5.74) is 0. The van der Waals surface area contributed by atoms with E-state index in [1.165, 1.54) is 0 Å². The molecule has 2 unspecified atom stereocenters. The molecule has 2 saturated heterocycles. The van der Waals surface area contributed by atoms with Crippen molar-refractivity contribution in [1.29, 1.82) is 0 Å². The molecular formula is C11H17N3O2S. The van der Waals surface area contributed by atoms with Crippen LogP contribution in [0.15, 0.2) is 4.99 Å². The van der Waals surface area contributed by atoms with Crippen molar-refractivity contribution in [2.24, 2.45) is 10.9 Å². The molecular weight excluding hydrogens is 238 g/mol. The average Bonchev–Trinajstić information content (AvgIpc) is 2.71. The maximum atomic E-state index is 11.5. The van der Waals surface area contributed by atoms with Crippen molar-refractivity contribution in [2.75, 3.05) is 5.75 Å². The lowest BCUT2D eigenvalue weighted by molar-refractivity contribution is -0.133. The van der Waals surface area contributed by atoms with Crippen molar-refractivity contribution in [1.82, 2.24) is 10.6 Å². The van der Waals surface area contributed by atoms with E-state index in [1.807, 2.05) is 0 Å². The molecule has 0 saturated carbocycles. The molecule has 0 aromatic heterocycles. The Labute approximate surface area is 105 Å². The lowest BCUT2D eigenvalue weighted by Crippen LogP contribution is -2.44. The Morgan fingerprint density at radius 1 is 1.41 bits per heavy atom. The highest BCUT2D eigenvalue weighted by Crippen LogP contribution is 2.20. The number of nitrogens with one attached hydrogen (secondary N) is 2. The molecule has 0 radical (unpaired) electrons. The predicted molar refractivity (Wildman–Crippen MR) is 67.8 cm³/mol. The van der Waals surface area contributed by atoms with Gasteiger partial charge in [0.25, 0.3) is 5.91 Å². The van der Waals surface area contributed by atoms with Crippen LogP contribution in [-0.2, 0) is 9.59 Å². The van der Waals surface area contributed by atoms with Crippen LogP contribution < -0.4 is 10.6 Å². The molecule has 0 aromatic carbocycles. The summed E-state index contributed by atoms with van der Waals surface area (Å²) in [5.74, 6) is 1.07. The van der Waals surface area contributed by atoms with E-state index >= 15 is 0 Å². The standard InChI is InChI=1S/C11H17N3O2S/c1-6(2)8-5-17-11(13-8)12-7-3-4-9(15)14-10(7)16/h6-8H,3-5H2,1-2H3,(H,12,13)(H,14,15,16). The molecule has 2 N–H and O–H groups in total. The summed E-state index contributed by atoms with van der Waals surface area (Å²) in [6.07, 6.45) is 0.897. The fraction of sp³-hybridized carbons (Fsp3) is 0.727. The summed E-state index contributed by atoms with van der Waals surface area (Å²) in [4.78, 5) is 26.9. The topological polar surface area (TPSA) is 70.6 Å². The Morgan fingerprint density at radius 2 is 2.18 bits per heavy atom. The Balaban J connectivity index is 1.96. The zero-order valence-corrected chi connectivity index (χ0v) is 10.8. The zero-order chi connectivity index (χ0) is 12.4. The van der Waals surface area contributed by atoms with Crippen LogP contribution in [-0.4, -0.2) is 34.8 Å². The smallest absolute Gasteiger partial charge is 0.251 e. The largest absolute Gasteiger partial charge is 0.361 e. The Kier molecular flexibility index (Phi) is 3.71. The number of amides is 2. The molecule has 0 aliphatic carbocycles. The highest BCUT2D eigenvalue weighted by atomic mass is 32.2. The monoisotopic (exact) mass is 255 g/mol. The van der Waals surface area contributed by atoms with Gasteiger partial charge in [-0.05, 0) is 12.3 Å². The Morgan fingerprint density at radius 3 is 2.76 bits per heavy atom. The van der Waals surface area contributed by atoms with Crippen molar-refractivity contribution >= 4 is 28.7 Å². The van der Waals surface area contributed by atoms with E-state index in [4.69, 9.17) is 0 Å². The van der Waals surface area contributed by atoms with Crippen LogP contribution in [0.1, 0.15) is 26.7 Å². The van der Waals surface area contributed by atoms with E-state index in [9.17, 15) is 9.59 Å². The van der Waals surface area contributed by atoms with Crippen LogP contribution in [0.2, 0.25) is 0 Å². The van der Waals surface area contributed by atoms with E-state index in [2.05, 4.69) is 29.5 Å². The van der Waals surface area contributed by atoms with Gasteiger partial charge in [0, 0.05) is 18.2 Å². The van der Waals surface area contributed by atoms with Crippen LogP contribution in [0.25, 0.3) is 0 Å². The number of carbonyl (C=O) groups is 2. The second kappa shape index (κ2) is 5.08. The van der Waals surface area contributed by atoms with Gasteiger partial charge in [-0.1, -0.05) is 25.6 Å². The highest BCUT2D eigenvalue weighted by molar-refractivity contribution is 8.14. The first-order valence-corrected chi connectivity index (χ1v) is 6.85. The number of rotatable bonds is 2. The summed E-state index contributed by atoms with van der Waals surface area (Å²) >= 11 is 1.65. The van der Waals surface area contributed by atoms with E-state index in [-0.39, 0.29) is 11.8 Å². The van der Waals surface area contributed by atoms with Gasteiger partial charge in [0.2, 0.25) is 5.91 Å². The Hall–Kier alpha value is -1.04. The maximum Gasteiger partial charge on any atom is 0.251 e. The van der Waals surface area contributed by atoms with Crippen LogP contribution in [0.3, 0.4) is 0 Å². The summed E-state index contributed by atoms with van der Waals surface area (Å²) < 4.78 is 0. The lowest BCUT2D eigenvalue weighted by atomic mass is 10.1. The minimum Gasteiger partial charge on any atom is -0.361 e. The fourth-order valence-electron chi connectivity index (χ4n) is 1.79. The molecule has 2 heterocycles. The number of aliphatic imine (C=N–C) groups is 1. The molecule has 2 aliphatic rings. The number of carbonyl (C=O) groups excluding carboxylic acids is 2. The number of nitrogens with zero attached hydrogens (tertiary/aromatic N) is 1. The average molecular weight is 255 g/mol. The molecule has 0 bridgehead atoms. The quantitative estimate of drug-likeness (QED) is 0.705. The lowest BCUT2D eigenvalue weighted by Gasteiger charge is -2.18. The van der Waals surface area contributed by atoms with Gasteiger partial charge in [0.05, 0.1) is 0 Å². The van der Waals surface area contributed by atoms with Crippen LogP contribution in [0, 0.1) is 5.92 Å². The summed E-state index contributed by atoms with van der Waals surface area (Å²) in [5, 5.41) is 6.46. The fourth-order valence-corrected chi connectivity index (χ4v) is 3.03. The van der Waals surface area contributed by atoms with Gasteiger partial charge in [-0.25, -0.2) is 4.99 Å². The third-order valence-corrected chi connectivity index (χ3v) is 4.02. The molecule has 0 spiro atoms. The Bertz CT molecular complexity index is 368.